The van der Waals surface area contributed by atoms with Crippen molar-refractivity contribution in [1.82, 2.24) is 85.7 Å². The molecular formula is C93H151N17O24. The van der Waals surface area contributed by atoms with Crippen molar-refractivity contribution in [2.45, 2.75) is 185 Å². The maximum atomic E-state index is 15.5. The van der Waals surface area contributed by atoms with E-state index in [9.17, 15) is 57.5 Å². The minimum atomic E-state index is -0.798. The summed E-state index contributed by atoms with van der Waals surface area (Å²) in [6.07, 6.45) is 5.21. The van der Waals surface area contributed by atoms with Crippen LogP contribution in [0.15, 0.2) is 43.4 Å². The van der Waals surface area contributed by atoms with Gasteiger partial charge < -0.3 is 118 Å². The highest BCUT2D eigenvalue weighted by atomic mass is 16.6. The summed E-state index contributed by atoms with van der Waals surface area (Å²) < 4.78 is 68.2. The predicted molar refractivity (Wildman–Crippen MR) is 505 cm³/mol. The Morgan fingerprint density at radius 3 is 0.955 bits per heavy atom. The molecule has 12 heterocycles. The number of aryl methyl sites for hydroxylation is 4. The number of alkyl carbamates (subject to hydrolysis) is 1. The standard InChI is InChI=1S/C93H151N17O24/c1-14-18-44-130-80-72-58-67(5)107(88(80)119)63-76(111)94-26-33-104(42-48-126-54-56-128-52-50-124-12)34-27-95-77(112)64-108-68(6)59-73(81(89(108)120)131-45-19-15-2)85(116)99-31-38-103(37-30-98-84(72)115)40-41-106-39-32-100-86(117)74-60-69(7)109(90(121)82(74)132-46-20-16-3)65-78(113)96-28-35-105(43-49-127-55-57-129-53-51-125-13)36-29-97-79(114)66-110-70(8)61-75(83(91(110)122)133-47-21-17-4)87(118)102-71(62-106)24-22-23-25-101-92(123)134-93(9,10)11/h58-61,71H,14-57,62-66H2,1-13H3,(H,94,111)(H,95,112)(H,96,113)(H,97,114)(H,98,115)(H,99,116)(H,100,117)(H,101,123)(H,102,118). The van der Waals surface area contributed by atoms with Gasteiger partial charge in [0.1, 0.15) is 31.8 Å². The number of hydrogen-bond acceptors (Lipinski definition) is 28. The number of hydrogen-bond donors (Lipinski definition) is 9. The number of carbonyl (C=O) groups excluding carboxylic acids is 9. The van der Waals surface area contributed by atoms with E-state index in [4.69, 9.17) is 52.1 Å². The van der Waals surface area contributed by atoms with E-state index in [-0.39, 0.29) is 219 Å². The molecule has 134 heavy (non-hydrogen) atoms. The van der Waals surface area contributed by atoms with Gasteiger partial charge in [-0.25, -0.2) is 4.79 Å². The fourth-order valence-corrected chi connectivity index (χ4v) is 14.5. The normalized spacial score (nSPS) is 16.4. The molecule has 0 fully saturated rings. The second-order valence-electron chi connectivity index (χ2n) is 34.0. The van der Waals surface area contributed by atoms with Gasteiger partial charge in [-0.2, -0.15) is 0 Å². The van der Waals surface area contributed by atoms with E-state index in [0.29, 0.717) is 143 Å². The van der Waals surface area contributed by atoms with E-state index in [1.807, 2.05) is 47.3 Å². The van der Waals surface area contributed by atoms with Crippen LogP contribution in [-0.4, -0.2) is 340 Å². The minimum Gasteiger partial charge on any atom is -0.487 e. The van der Waals surface area contributed by atoms with Crippen LogP contribution in [0.1, 0.15) is 183 Å². The fraction of sp³-hybridized carbons (Fsp3) is 0.688. The highest BCUT2D eigenvalue weighted by Gasteiger charge is 2.30. The summed E-state index contributed by atoms with van der Waals surface area (Å²) in [6.45, 7) is 24.2. The lowest BCUT2D eigenvalue weighted by atomic mass is 10.1. The molecule has 0 saturated carbocycles. The van der Waals surface area contributed by atoms with Crippen LogP contribution in [0, 0.1) is 27.7 Å². The van der Waals surface area contributed by atoms with Gasteiger partial charge in [0.05, 0.1) is 115 Å². The molecule has 0 aliphatic carbocycles. The van der Waals surface area contributed by atoms with Gasteiger partial charge in [0.15, 0.2) is 23.0 Å². The average Bonchev–Trinajstić information content (AvgIpc) is 0.802. The summed E-state index contributed by atoms with van der Waals surface area (Å²) in [6, 6.07) is 5.17. The first-order chi connectivity index (χ1) is 64.4. The molecule has 1 unspecified atom stereocenters. The molecule has 0 spiro atoms. The van der Waals surface area contributed by atoms with Crippen molar-refractivity contribution < 1.29 is 95.3 Å². The smallest absolute Gasteiger partial charge is 0.407 e. The summed E-state index contributed by atoms with van der Waals surface area (Å²) in [5.74, 6) is -5.86. The van der Waals surface area contributed by atoms with Gasteiger partial charge in [-0.3, -0.25) is 77.1 Å². The lowest BCUT2D eigenvalue weighted by Gasteiger charge is -2.31. The molecular weight excluding hydrogens is 1740 g/mol. The van der Waals surface area contributed by atoms with Crippen molar-refractivity contribution in [3.05, 3.63) is 111 Å². The Kier molecular flexibility index (Phi) is 52.3. The van der Waals surface area contributed by atoms with Gasteiger partial charge >= 0.3 is 6.09 Å². The molecule has 4 aromatic rings. The van der Waals surface area contributed by atoms with E-state index < -0.39 is 113 Å². The second-order valence-corrected chi connectivity index (χ2v) is 34.0. The zero-order valence-corrected chi connectivity index (χ0v) is 81.4. The van der Waals surface area contributed by atoms with E-state index in [1.54, 1.807) is 62.7 Å². The number of pyridine rings is 4. The molecule has 8 aliphatic rings. The number of ether oxygens (including phenoxy) is 11. The molecule has 1 atom stereocenters. The molecule has 0 radical (unpaired) electrons. The van der Waals surface area contributed by atoms with Crippen LogP contribution in [0.25, 0.3) is 0 Å². The van der Waals surface area contributed by atoms with E-state index >= 15 is 4.79 Å². The van der Waals surface area contributed by atoms with Crippen LogP contribution >= 0.6 is 0 Å². The molecule has 41 nitrogen and oxygen atoms in total. The SMILES string of the molecule is CCCCOc1c2cc(C)n(c1=O)CC(=O)NCCN(CCOCCOCCOC)CCNC(=O)Cn1c(C)cc(c(OCCCC)c1=O)C(=O)NCCN(CCN1CCNC(=O)c3cc(C)n(c(=O)c3OCCCC)CC(=O)NCCN(CCOCCOCCOC)CCNC(=O)Cn3c(C)cc(c(OCCCC)c3=O)C(=O)NC(CCCCNC(=O)OC(C)(C)C)C1)CCNC2=O. The van der Waals surface area contributed by atoms with Crippen LogP contribution in [0.3, 0.4) is 0 Å². The fourth-order valence-electron chi connectivity index (χ4n) is 14.5. The van der Waals surface area contributed by atoms with E-state index in [1.165, 1.54) is 42.5 Å². The number of nitrogens with zero attached hydrogens (tertiary/aromatic N) is 8. The molecule has 752 valence electrons. The number of carbonyl (C=O) groups is 9. The predicted octanol–water partition coefficient (Wildman–Crippen LogP) is 2.43. The van der Waals surface area contributed by atoms with Crippen LogP contribution in [0.4, 0.5) is 4.79 Å². The molecule has 8 aliphatic heterocycles. The number of aromatic nitrogens is 4. The first-order valence-electron chi connectivity index (χ1n) is 47.3. The zero-order chi connectivity index (χ0) is 97.7. The van der Waals surface area contributed by atoms with Gasteiger partial charge in [0.2, 0.25) is 23.6 Å². The van der Waals surface area contributed by atoms with Crippen LogP contribution in [0.2, 0.25) is 0 Å². The number of nitrogens with one attached hydrogen (secondary N) is 9. The Morgan fingerprint density at radius 2 is 0.642 bits per heavy atom. The van der Waals surface area contributed by atoms with Crippen molar-refractivity contribution in [2.24, 2.45) is 0 Å². The van der Waals surface area contributed by atoms with Gasteiger partial charge in [-0.15, -0.1) is 0 Å². The number of methoxy groups -OCH3 is 2. The summed E-state index contributed by atoms with van der Waals surface area (Å²) in [4.78, 5) is 196. The molecule has 12 rings (SSSR count). The van der Waals surface area contributed by atoms with Crippen molar-refractivity contribution in [2.75, 3.05) is 238 Å². The largest absolute Gasteiger partial charge is 0.487 e. The van der Waals surface area contributed by atoms with Crippen LogP contribution in [-0.2, 0) is 78.5 Å². The van der Waals surface area contributed by atoms with Gasteiger partial charge in [-0.05, 0) is 118 Å². The summed E-state index contributed by atoms with van der Waals surface area (Å²) >= 11 is 0. The monoisotopic (exact) mass is 1890 g/mol. The third-order valence-corrected chi connectivity index (χ3v) is 22.1. The van der Waals surface area contributed by atoms with E-state index in [2.05, 4.69) is 47.9 Å². The maximum Gasteiger partial charge on any atom is 0.407 e. The first-order valence-corrected chi connectivity index (χ1v) is 47.3. The van der Waals surface area contributed by atoms with Crippen molar-refractivity contribution in [1.29, 1.82) is 0 Å². The highest BCUT2D eigenvalue weighted by Crippen LogP contribution is 2.23. The van der Waals surface area contributed by atoms with Gasteiger partial charge in [0, 0.05) is 174 Å². The minimum absolute atomic E-state index is 0.0325. The number of unbranched alkanes of at least 4 members (excludes halogenated alkanes) is 5. The topological polar surface area (TPSA) is 464 Å². The first kappa shape index (κ1) is 112. The summed E-state index contributed by atoms with van der Waals surface area (Å²) in [5.41, 5.74) is -2.92. The maximum absolute atomic E-state index is 15.5. The van der Waals surface area contributed by atoms with Gasteiger partial charge in [0.25, 0.3) is 45.9 Å². The van der Waals surface area contributed by atoms with Crippen molar-refractivity contribution >= 4 is 53.4 Å². The lowest BCUT2D eigenvalue weighted by Crippen LogP contribution is -2.49. The Balaban J connectivity index is 1.46. The Morgan fingerprint density at radius 1 is 0.358 bits per heavy atom. The third kappa shape index (κ3) is 40.3. The van der Waals surface area contributed by atoms with Crippen molar-refractivity contribution in [3.8, 4) is 23.0 Å². The average molecular weight is 1890 g/mol. The Labute approximate surface area is 786 Å². The number of amides is 9. The lowest BCUT2D eigenvalue weighted by molar-refractivity contribution is -0.122. The molecule has 4 aromatic heterocycles. The molecule has 0 saturated heterocycles. The Bertz CT molecular complexity index is 4490. The molecule has 8 bridgehead atoms. The van der Waals surface area contributed by atoms with Crippen LogP contribution in [0.5, 0.6) is 23.0 Å². The van der Waals surface area contributed by atoms with Crippen LogP contribution < -0.4 is 89.0 Å². The van der Waals surface area contributed by atoms with Gasteiger partial charge in [-0.1, -0.05) is 53.4 Å². The molecule has 9 amide bonds. The molecule has 0 aromatic carbocycles. The van der Waals surface area contributed by atoms with E-state index in [0.717, 1.165) is 0 Å². The Hall–Kier alpha value is -10.4. The van der Waals surface area contributed by atoms with Crippen molar-refractivity contribution in [3.63, 3.8) is 0 Å². The quantitative estimate of drug-likeness (QED) is 0.0288. The second kappa shape index (κ2) is 62.3. The number of rotatable bonds is 42. The summed E-state index contributed by atoms with van der Waals surface area (Å²) in [7, 11) is 3.16. The summed E-state index contributed by atoms with van der Waals surface area (Å²) in [5, 5.41) is 26.7. The molecule has 41 heteroatoms. The third-order valence-electron chi connectivity index (χ3n) is 22.1. The highest BCUT2D eigenvalue weighted by molar-refractivity contribution is 5.99. The zero-order valence-electron chi connectivity index (χ0n) is 81.4. The molecule has 9 N–H and O–H groups in total.